The lowest BCUT2D eigenvalue weighted by Crippen LogP contribution is -2.31. The summed E-state index contributed by atoms with van der Waals surface area (Å²) in [4.78, 5) is 0. The SMILES string of the molecule is CCCCC1CCC(CBr)(Cc2cc(F)ccc2Br)CC1. The first-order valence-corrected chi connectivity index (χ1v) is 10.00. The van der Waals surface area contributed by atoms with Gasteiger partial charge >= 0.3 is 0 Å². The zero-order valence-corrected chi connectivity index (χ0v) is 16.0. The molecule has 1 fully saturated rings. The van der Waals surface area contributed by atoms with E-state index in [1.807, 2.05) is 6.07 Å². The summed E-state index contributed by atoms with van der Waals surface area (Å²) in [6, 6.07) is 5.05. The maximum Gasteiger partial charge on any atom is 0.123 e. The molecule has 1 saturated carbocycles. The third kappa shape index (κ3) is 4.79. The molecule has 0 radical (unpaired) electrons. The fourth-order valence-electron chi connectivity index (χ4n) is 3.51. The normalized spacial score (nSPS) is 26.0. The van der Waals surface area contributed by atoms with Crippen LogP contribution >= 0.6 is 31.9 Å². The highest BCUT2D eigenvalue weighted by Crippen LogP contribution is 2.44. The quantitative estimate of drug-likeness (QED) is 0.440. The molecule has 0 heterocycles. The van der Waals surface area contributed by atoms with Crippen LogP contribution in [0.4, 0.5) is 4.39 Å². The Hall–Kier alpha value is 0.110. The molecule has 118 valence electrons. The second-order valence-electron chi connectivity index (χ2n) is 6.63. The van der Waals surface area contributed by atoms with Gasteiger partial charge in [0, 0.05) is 9.80 Å². The number of alkyl halides is 1. The summed E-state index contributed by atoms with van der Waals surface area (Å²) in [6.45, 7) is 2.27. The topological polar surface area (TPSA) is 0 Å². The zero-order chi connectivity index (χ0) is 15.3. The first kappa shape index (κ1) is 17.5. The second kappa shape index (κ2) is 8.10. The van der Waals surface area contributed by atoms with Gasteiger partial charge < -0.3 is 0 Å². The smallest absolute Gasteiger partial charge is 0.123 e. The molecule has 1 aromatic rings. The third-order valence-corrected chi connectivity index (χ3v) is 6.95. The molecule has 1 aliphatic carbocycles. The summed E-state index contributed by atoms with van der Waals surface area (Å²) in [7, 11) is 0. The lowest BCUT2D eigenvalue weighted by Gasteiger charge is -2.39. The molecule has 0 spiro atoms. The Labute approximate surface area is 145 Å². The third-order valence-electron chi connectivity index (χ3n) is 4.99. The van der Waals surface area contributed by atoms with Gasteiger partial charge in [0.15, 0.2) is 0 Å². The molecule has 21 heavy (non-hydrogen) atoms. The summed E-state index contributed by atoms with van der Waals surface area (Å²) in [6.07, 6.45) is 10.2. The Morgan fingerprint density at radius 2 is 2.00 bits per heavy atom. The van der Waals surface area contributed by atoms with Crippen LogP contribution in [-0.4, -0.2) is 5.33 Å². The fraction of sp³-hybridized carbons (Fsp3) is 0.667. The molecule has 0 N–H and O–H groups in total. The first-order valence-electron chi connectivity index (χ1n) is 8.08. The van der Waals surface area contributed by atoms with E-state index >= 15 is 0 Å². The van der Waals surface area contributed by atoms with Crippen molar-refractivity contribution in [1.82, 2.24) is 0 Å². The van der Waals surface area contributed by atoms with Crippen LogP contribution in [0.1, 0.15) is 57.4 Å². The standard InChI is InChI=1S/C18H25Br2F/c1-2-3-4-14-7-9-18(13-19,10-8-14)12-15-11-16(21)5-6-17(15)20/h5-6,11,14H,2-4,7-10,12-13H2,1H3. The van der Waals surface area contributed by atoms with Crippen molar-refractivity contribution in [3.63, 3.8) is 0 Å². The maximum absolute atomic E-state index is 13.5. The molecule has 0 amide bonds. The second-order valence-corrected chi connectivity index (χ2v) is 8.05. The predicted molar refractivity (Wildman–Crippen MR) is 95.5 cm³/mol. The number of unbranched alkanes of at least 4 members (excludes halogenated alkanes) is 1. The molecule has 2 rings (SSSR count). The summed E-state index contributed by atoms with van der Waals surface area (Å²) in [5.41, 5.74) is 1.42. The molecule has 0 nitrogen and oxygen atoms in total. The van der Waals surface area contributed by atoms with Gasteiger partial charge in [-0.15, -0.1) is 0 Å². The van der Waals surface area contributed by atoms with E-state index in [1.165, 1.54) is 51.0 Å². The molecule has 0 aromatic heterocycles. The average molecular weight is 420 g/mol. The number of rotatable bonds is 6. The number of halogens is 3. The number of benzene rings is 1. The van der Waals surface area contributed by atoms with E-state index in [0.29, 0.717) is 5.41 Å². The highest BCUT2D eigenvalue weighted by atomic mass is 79.9. The van der Waals surface area contributed by atoms with Gasteiger partial charge in [0.1, 0.15) is 5.82 Å². The number of hydrogen-bond acceptors (Lipinski definition) is 0. The summed E-state index contributed by atoms with van der Waals surface area (Å²) in [5.74, 6) is 0.780. The molecule has 1 aromatic carbocycles. The van der Waals surface area contributed by atoms with Crippen molar-refractivity contribution < 1.29 is 4.39 Å². The van der Waals surface area contributed by atoms with Gasteiger partial charge in [0.05, 0.1) is 0 Å². The van der Waals surface area contributed by atoms with Crippen LogP contribution < -0.4 is 0 Å². The van der Waals surface area contributed by atoms with Crippen LogP contribution in [-0.2, 0) is 6.42 Å². The highest BCUT2D eigenvalue weighted by Gasteiger charge is 2.34. The Morgan fingerprint density at radius 1 is 1.29 bits per heavy atom. The lowest BCUT2D eigenvalue weighted by atomic mass is 9.68. The minimum absolute atomic E-state index is 0.130. The van der Waals surface area contributed by atoms with E-state index in [1.54, 1.807) is 6.07 Å². The molecule has 1 aliphatic rings. The van der Waals surface area contributed by atoms with E-state index in [4.69, 9.17) is 0 Å². The fourth-order valence-corrected chi connectivity index (χ4v) is 4.66. The van der Waals surface area contributed by atoms with Gasteiger partial charge in [-0.1, -0.05) is 58.0 Å². The Morgan fingerprint density at radius 3 is 2.62 bits per heavy atom. The minimum atomic E-state index is -0.130. The molecule has 0 saturated heterocycles. The highest BCUT2D eigenvalue weighted by molar-refractivity contribution is 9.10. The summed E-state index contributed by atoms with van der Waals surface area (Å²) < 4.78 is 14.5. The molecule has 0 atom stereocenters. The molecular weight excluding hydrogens is 395 g/mol. The average Bonchev–Trinajstić information content (AvgIpc) is 2.50. The molecule has 0 aliphatic heterocycles. The van der Waals surface area contributed by atoms with Gasteiger partial charge in [0.25, 0.3) is 0 Å². The lowest BCUT2D eigenvalue weighted by molar-refractivity contribution is 0.168. The summed E-state index contributed by atoms with van der Waals surface area (Å²) in [5, 5.41) is 1.02. The van der Waals surface area contributed by atoms with Gasteiger partial charge in [-0.25, -0.2) is 4.39 Å². The predicted octanol–water partition coefficient (Wildman–Crippen LogP) is 6.89. The van der Waals surface area contributed by atoms with Crippen molar-refractivity contribution in [2.45, 2.75) is 58.3 Å². The van der Waals surface area contributed by atoms with Crippen LogP contribution in [0.25, 0.3) is 0 Å². The minimum Gasteiger partial charge on any atom is -0.207 e. The number of hydrogen-bond donors (Lipinski definition) is 0. The van der Waals surface area contributed by atoms with Crippen molar-refractivity contribution in [3.8, 4) is 0 Å². The van der Waals surface area contributed by atoms with E-state index in [-0.39, 0.29) is 5.82 Å². The van der Waals surface area contributed by atoms with Crippen LogP contribution in [0, 0.1) is 17.2 Å². The molecule has 0 bridgehead atoms. The first-order chi connectivity index (χ1) is 10.1. The van der Waals surface area contributed by atoms with Crippen molar-refractivity contribution in [1.29, 1.82) is 0 Å². The monoisotopic (exact) mass is 418 g/mol. The van der Waals surface area contributed by atoms with Crippen LogP contribution in [0.3, 0.4) is 0 Å². The van der Waals surface area contributed by atoms with Gasteiger partial charge in [0.2, 0.25) is 0 Å². The van der Waals surface area contributed by atoms with Gasteiger partial charge in [-0.05, 0) is 67.2 Å². The molecule has 0 unspecified atom stereocenters. The van der Waals surface area contributed by atoms with E-state index < -0.39 is 0 Å². The largest absolute Gasteiger partial charge is 0.207 e. The zero-order valence-electron chi connectivity index (χ0n) is 12.8. The van der Waals surface area contributed by atoms with Crippen molar-refractivity contribution in [3.05, 3.63) is 34.1 Å². The Kier molecular flexibility index (Phi) is 6.74. The summed E-state index contributed by atoms with van der Waals surface area (Å²) >= 11 is 7.31. The van der Waals surface area contributed by atoms with Crippen molar-refractivity contribution in [2.24, 2.45) is 11.3 Å². The Balaban J connectivity index is 2.01. The van der Waals surface area contributed by atoms with Crippen LogP contribution in [0.5, 0.6) is 0 Å². The Bertz CT molecular complexity index is 451. The van der Waals surface area contributed by atoms with Crippen molar-refractivity contribution in [2.75, 3.05) is 5.33 Å². The maximum atomic E-state index is 13.5. The van der Waals surface area contributed by atoms with Crippen molar-refractivity contribution >= 4 is 31.9 Å². The van der Waals surface area contributed by atoms with Gasteiger partial charge in [-0.2, -0.15) is 0 Å². The van der Waals surface area contributed by atoms with Crippen LogP contribution in [0.2, 0.25) is 0 Å². The molecule has 3 heteroatoms. The van der Waals surface area contributed by atoms with E-state index in [2.05, 4.69) is 38.8 Å². The van der Waals surface area contributed by atoms with Gasteiger partial charge in [-0.3, -0.25) is 0 Å². The van der Waals surface area contributed by atoms with E-state index in [9.17, 15) is 4.39 Å². The van der Waals surface area contributed by atoms with Crippen LogP contribution in [0.15, 0.2) is 22.7 Å². The van der Waals surface area contributed by atoms with E-state index in [0.717, 1.165) is 27.7 Å². The molecular formula is C18H25Br2F.